The maximum Gasteiger partial charge on any atom is 0.155 e. The molecule has 2 unspecified atom stereocenters. The molecule has 7 heteroatoms. The van der Waals surface area contributed by atoms with E-state index in [4.69, 9.17) is 15.2 Å². The first-order chi connectivity index (χ1) is 10.8. The molecule has 1 aliphatic rings. The van der Waals surface area contributed by atoms with E-state index >= 15 is 0 Å². The first-order valence-electron chi connectivity index (χ1n) is 8.15. The molecule has 0 saturated carbocycles. The van der Waals surface area contributed by atoms with Gasteiger partial charge in [-0.25, -0.2) is 0 Å². The zero-order chi connectivity index (χ0) is 17.6. The Hall–Kier alpha value is 0.362. The Balaban J connectivity index is 0.00000529. The van der Waals surface area contributed by atoms with Crippen molar-refractivity contribution in [1.29, 1.82) is 0 Å². The van der Waals surface area contributed by atoms with Gasteiger partial charge < -0.3 is 15.2 Å². The van der Waals surface area contributed by atoms with Crippen molar-refractivity contribution >= 4 is 11.6 Å². The number of carbonyl (C=O) groups excluding carboxylic acids is 2. The number of carbonyl (C=O) groups is 2. The first-order valence-corrected chi connectivity index (χ1v) is 8.15. The second kappa shape index (κ2) is 11.9. The van der Waals surface area contributed by atoms with Gasteiger partial charge in [0.25, 0.3) is 0 Å². The molecule has 1 heterocycles. The maximum atomic E-state index is 12.3. The summed E-state index contributed by atoms with van der Waals surface area (Å²) in [6.07, 6.45) is 4.09. The van der Waals surface area contributed by atoms with Gasteiger partial charge in [0, 0.05) is 56.7 Å². The molecule has 24 heavy (non-hydrogen) atoms. The summed E-state index contributed by atoms with van der Waals surface area (Å²) < 4.78 is 10.6. The van der Waals surface area contributed by atoms with Gasteiger partial charge in [0.1, 0.15) is 18.2 Å². The standard InChI is InChI=1S/C17H29N2O4.Ac/c1-6-8-13-9-14(11(3)20)19(5)17(13)16(18)15(21)10-23-12(4)22-7-2;/h6,8,12-14,16-18H,7,9-10H2,1-5H3;/q-1;/b8-6-;/t12?,13-,14-,16?,17-;/m1./s1. The van der Waals surface area contributed by atoms with Gasteiger partial charge in [0.15, 0.2) is 6.29 Å². The van der Waals surface area contributed by atoms with Gasteiger partial charge >= 0.3 is 0 Å². The molecule has 0 bridgehead atoms. The average molecular weight is 552 g/mol. The van der Waals surface area contributed by atoms with Gasteiger partial charge in [0.2, 0.25) is 0 Å². The molecule has 1 radical (unpaired) electrons. The van der Waals surface area contributed by atoms with Crippen LogP contribution in [-0.2, 0) is 19.1 Å². The summed E-state index contributed by atoms with van der Waals surface area (Å²) in [7, 11) is 1.82. The van der Waals surface area contributed by atoms with Crippen molar-refractivity contribution in [3.8, 4) is 0 Å². The Morgan fingerprint density at radius 3 is 2.50 bits per heavy atom. The van der Waals surface area contributed by atoms with Crippen molar-refractivity contribution < 1.29 is 63.1 Å². The molecular formula is C17H29AcN2O4-. The van der Waals surface area contributed by atoms with E-state index in [9.17, 15) is 9.59 Å². The van der Waals surface area contributed by atoms with E-state index in [1.807, 2.05) is 37.9 Å². The van der Waals surface area contributed by atoms with Crippen LogP contribution in [-0.4, -0.2) is 61.1 Å². The third-order valence-electron chi connectivity index (χ3n) is 4.35. The second-order valence-corrected chi connectivity index (χ2v) is 5.99. The van der Waals surface area contributed by atoms with Gasteiger partial charge in [-0.05, 0) is 47.1 Å². The predicted octanol–water partition coefficient (Wildman–Crippen LogP) is 2.23. The number of likely N-dealkylation sites (tertiary alicyclic amines) is 1. The third-order valence-corrected chi connectivity index (χ3v) is 4.35. The van der Waals surface area contributed by atoms with Crippen molar-refractivity contribution in [3.63, 3.8) is 0 Å². The fourth-order valence-corrected chi connectivity index (χ4v) is 3.21. The molecule has 1 aliphatic heterocycles. The van der Waals surface area contributed by atoms with E-state index in [2.05, 4.69) is 0 Å². The molecule has 135 valence electrons. The quantitative estimate of drug-likeness (QED) is 0.324. The fourth-order valence-electron chi connectivity index (χ4n) is 3.21. The molecule has 0 aromatic rings. The number of ketones is 2. The molecule has 0 aromatic heterocycles. The molecular weight excluding hydrogens is 523 g/mol. The number of Topliss-reactive ketones (excluding diaryl/α,β-unsaturated/α-hetero) is 2. The van der Waals surface area contributed by atoms with Crippen LogP contribution in [0.25, 0.3) is 5.73 Å². The molecule has 0 spiro atoms. The van der Waals surface area contributed by atoms with E-state index in [0.717, 1.165) is 0 Å². The topological polar surface area (TPSA) is 79.6 Å². The number of hydrogen-bond donors (Lipinski definition) is 0. The minimum atomic E-state index is -0.945. The Labute approximate surface area is 181 Å². The van der Waals surface area contributed by atoms with E-state index in [1.54, 1.807) is 13.8 Å². The first kappa shape index (κ1) is 24.4. The van der Waals surface area contributed by atoms with Gasteiger partial charge in [-0.2, -0.15) is 0 Å². The maximum absolute atomic E-state index is 12.3. The van der Waals surface area contributed by atoms with Gasteiger partial charge in [-0.3, -0.25) is 14.5 Å². The van der Waals surface area contributed by atoms with Crippen LogP contribution in [0.1, 0.15) is 34.1 Å². The fraction of sp³-hybridized carbons (Fsp3) is 0.765. The van der Waals surface area contributed by atoms with Crippen LogP contribution in [0.4, 0.5) is 0 Å². The predicted molar refractivity (Wildman–Crippen MR) is 89.1 cm³/mol. The number of allylic oxidation sites excluding steroid dienone is 1. The smallest absolute Gasteiger partial charge is 0.155 e. The number of ether oxygens (including phenoxy) is 2. The summed E-state index contributed by atoms with van der Waals surface area (Å²) >= 11 is 0. The SMILES string of the molecule is C/C=C\[C@@H]1C[C@H](C(C)=O)N(C)[C@H]1C([NH-])C(=O)COC(C)OCC.[Ac]. The monoisotopic (exact) mass is 552 g/mol. The Kier molecular flexibility index (Phi) is 12.1. The van der Waals surface area contributed by atoms with Crippen molar-refractivity contribution in [2.75, 3.05) is 20.3 Å². The zero-order valence-electron chi connectivity index (χ0n) is 15.3. The number of likely N-dealkylation sites (N-methyl/N-ethyl adjacent to an activating group) is 1. The van der Waals surface area contributed by atoms with Crippen LogP contribution >= 0.6 is 0 Å². The molecule has 1 fully saturated rings. The van der Waals surface area contributed by atoms with Crippen LogP contribution in [0.2, 0.25) is 0 Å². The zero-order valence-corrected chi connectivity index (χ0v) is 20.1. The van der Waals surface area contributed by atoms with E-state index in [0.29, 0.717) is 13.0 Å². The van der Waals surface area contributed by atoms with Crippen LogP contribution in [0.3, 0.4) is 0 Å². The molecule has 5 atom stereocenters. The number of hydrogen-bond acceptors (Lipinski definition) is 5. The van der Waals surface area contributed by atoms with Crippen molar-refractivity contribution in [3.05, 3.63) is 17.9 Å². The average Bonchev–Trinajstić information content (AvgIpc) is 2.81. The largest absolute Gasteiger partial charge is 0.667 e. The van der Waals surface area contributed by atoms with Crippen LogP contribution < -0.4 is 0 Å². The second-order valence-electron chi connectivity index (χ2n) is 5.99. The van der Waals surface area contributed by atoms with Crippen LogP contribution in [0.15, 0.2) is 12.2 Å². The third kappa shape index (κ3) is 6.59. The molecule has 1 N–H and O–H groups in total. The van der Waals surface area contributed by atoms with Gasteiger partial charge in [0.05, 0.1) is 6.04 Å². The van der Waals surface area contributed by atoms with Crippen molar-refractivity contribution in [2.24, 2.45) is 5.92 Å². The summed E-state index contributed by atoms with van der Waals surface area (Å²) in [5, 5.41) is 0. The van der Waals surface area contributed by atoms with Gasteiger partial charge in [-0.15, -0.1) is 0 Å². The van der Waals surface area contributed by atoms with E-state index in [1.165, 1.54) is 0 Å². The number of nitrogens with zero attached hydrogens (tertiary/aromatic N) is 1. The van der Waals surface area contributed by atoms with E-state index < -0.39 is 12.3 Å². The Morgan fingerprint density at radius 2 is 2.00 bits per heavy atom. The van der Waals surface area contributed by atoms with Gasteiger partial charge in [-0.1, -0.05) is 18.2 Å². The van der Waals surface area contributed by atoms with E-state index in [-0.39, 0.29) is 80.2 Å². The Bertz CT molecular complexity index is 444. The summed E-state index contributed by atoms with van der Waals surface area (Å²) in [6.45, 7) is 7.41. The van der Waals surface area contributed by atoms with Crippen molar-refractivity contribution in [2.45, 2.75) is 58.5 Å². The number of rotatable bonds is 9. The number of nitrogens with one attached hydrogen (secondary N) is 1. The summed E-state index contributed by atoms with van der Waals surface area (Å²) in [5.74, 6) is -0.188. The van der Waals surface area contributed by atoms with Crippen LogP contribution in [0, 0.1) is 50.0 Å². The molecule has 6 nitrogen and oxygen atoms in total. The minimum Gasteiger partial charge on any atom is -0.667 e. The van der Waals surface area contributed by atoms with Crippen LogP contribution in [0.5, 0.6) is 0 Å². The molecule has 0 aromatic carbocycles. The Morgan fingerprint density at radius 1 is 1.38 bits per heavy atom. The van der Waals surface area contributed by atoms with Crippen molar-refractivity contribution in [1.82, 2.24) is 4.90 Å². The molecule has 1 rings (SSSR count). The molecule has 0 amide bonds. The summed E-state index contributed by atoms with van der Waals surface area (Å²) in [4.78, 5) is 26.0. The minimum absolute atomic E-state index is 0. The summed E-state index contributed by atoms with van der Waals surface area (Å²) in [6, 6.07) is -1.48. The summed E-state index contributed by atoms with van der Waals surface area (Å²) in [5.41, 5.74) is 8.33. The molecule has 0 aliphatic carbocycles. The molecule has 1 saturated heterocycles. The normalized spacial score (nSPS) is 27.0.